The number of amides is 1. The van der Waals surface area contributed by atoms with Gasteiger partial charge in [-0.2, -0.15) is 0 Å². The lowest BCUT2D eigenvalue weighted by molar-refractivity contribution is -0.135. The maximum Gasteiger partial charge on any atom is 0.325 e. The maximum absolute atomic E-state index is 12.8. The lowest BCUT2D eigenvalue weighted by atomic mass is 9.95. The highest BCUT2D eigenvalue weighted by Gasteiger charge is 2.30. The van der Waals surface area contributed by atoms with Crippen LogP contribution in [0.3, 0.4) is 0 Å². The van der Waals surface area contributed by atoms with Crippen LogP contribution in [0, 0.1) is 0 Å². The molecule has 0 aliphatic heterocycles. The van der Waals surface area contributed by atoms with Crippen molar-refractivity contribution in [1.82, 2.24) is 10.2 Å². The van der Waals surface area contributed by atoms with Gasteiger partial charge in [0, 0.05) is 12.5 Å². The smallest absolute Gasteiger partial charge is 0.325 e. The molecule has 0 unspecified atom stereocenters. The van der Waals surface area contributed by atoms with Gasteiger partial charge in [0.15, 0.2) is 17.2 Å². The van der Waals surface area contributed by atoms with E-state index in [1.54, 1.807) is 37.2 Å². The molecule has 2 aromatic rings. The molecule has 1 atom stereocenters. The van der Waals surface area contributed by atoms with E-state index in [4.69, 9.17) is 18.9 Å². The molecule has 0 fully saturated rings. The van der Waals surface area contributed by atoms with Gasteiger partial charge in [-0.1, -0.05) is 6.07 Å². The van der Waals surface area contributed by atoms with Crippen molar-refractivity contribution in [1.29, 1.82) is 0 Å². The Bertz CT molecular complexity index is 1160. The van der Waals surface area contributed by atoms with Crippen molar-refractivity contribution in [3.63, 3.8) is 0 Å². The highest BCUT2D eigenvalue weighted by molar-refractivity contribution is 5.85. The molecule has 34 heavy (non-hydrogen) atoms. The monoisotopic (exact) mass is 470 g/mol. The average molecular weight is 471 g/mol. The molecular weight excluding hydrogens is 440 g/mol. The summed E-state index contributed by atoms with van der Waals surface area (Å²) in [7, 11) is 7.92. The number of nitrogens with one attached hydrogen (secondary N) is 1. The first-order valence-electron chi connectivity index (χ1n) is 10.8. The van der Waals surface area contributed by atoms with Crippen LogP contribution in [-0.4, -0.2) is 58.7 Å². The molecule has 0 bridgehead atoms. The van der Waals surface area contributed by atoms with E-state index in [2.05, 4.69) is 5.32 Å². The van der Waals surface area contributed by atoms with Gasteiger partial charge in [0.2, 0.25) is 17.1 Å². The van der Waals surface area contributed by atoms with E-state index >= 15 is 0 Å². The molecule has 0 heterocycles. The van der Waals surface area contributed by atoms with E-state index in [9.17, 15) is 14.4 Å². The fourth-order valence-electron chi connectivity index (χ4n) is 4.17. The van der Waals surface area contributed by atoms with Crippen LogP contribution < -0.4 is 29.7 Å². The molecule has 1 N–H and O–H groups in total. The highest BCUT2D eigenvalue weighted by atomic mass is 16.6. The Hall–Kier alpha value is -3.59. The van der Waals surface area contributed by atoms with Gasteiger partial charge in [-0.3, -0.25) is 19.3 Å². The molecule has 0 radical (unpaired) electrons. The van der Waals surface area contributed by atoms with Crippen molar-refractivity contribution >= 4 is 11.9 Å². The molecule has 1 amide bonds. The minimum atomic E-state index is -0.478. The van der Waals surface area contributed by atoms with Crippen LogP contribution in [0.15, 0.2) is 29.1 Å². The van der Waals surface area contributed by atoms with Crippen molar-refractivity contribution < 1.29 is 28.5 Å². The molecular formula is C25H30N2O7. The number of likely N-dealkylation sites (N-methyl/N-ethyl adjacent to an activating group) is 1. The lowest BCUT2D eigenvalue weighted by Gasteiger charge is -2.20. The van der Waals surface area contributed by atoms with Crippen LogP contribution in [-0.2, 0) is 16.0 Å². The zero-order chi connectivity index (χ0) is 25.0. The number of aryl methyl sites for hydroxylation is 1. The largest absolute Gasteiger partial charge is 0.493 e. The summed E-state index contributed by atoms with van der Waals surface area (Å²) in [5, 5.41) is 2.94. The molecule has 0 aromatic heterocycles. The first-order valence-corrected chi connectivity index (χ1v) is 10.8. The fourth-order valence-corrected chi connectivity index (χ4v) is 4.17. The van der Waals surface area contributed by atoms with Crippen molar-refractivity contribution in [3.8, 4) is 34.1 Å². The summed E-state index contributed by atoms with van der Waals surface area (Å²) >= 11 is 0. The van der Waals surface area contributed by atoms with Crippen LogP contribution >= 0.6 is 0 Å². The third-order valence-corrected chi connectivity index (χ3v) is 5.56. The summed E-state index contributed by atoms with van der Waals surface area (Å²) in [6, 6.07) is 6.21. The molecule has 0 spiro atoms. The van der Waals surface area contributed by atoms with Crippen LogP contribution in [0.25, 0.3) is 11.1 Å². The van der Waals surface area contributed by atoms with Gasteiger partial charge in [-0.25, -0.2) is 0 Å². The molecule has 0 saturated heterocycles. The Morgan fingerprint density at radius 2 is 1.74 bits per heavy atom. The second-order valence-electron chi connectivity index (χ2n) is 8.26. The van der Waals surface area contributed by atoms with Gasteiger partial charge in [-0.05, 0) is 61.8 Å². The Morgan fingerprint density at radius 1 is 1.03 bits per heavy atom. The molecule has 182 valence electrons. The number of ether oxygens (including phenoxy) is 4. The van der Waals surface area contributed by atoms with E-state index < -0.39 is 12.0 Å². The molecule has 2 aromatic carbocycles. The van der Waals surface area contributed by atoms with Crippen molar-refractivity contribution in [2.45, 2.75) is 25.8 Å². The number of hydrogen-bond acceptors (Lipinski definition) is 8. The summed E-state index contributed by atoms with van der Waals surface area (Å²) in [4.78, 5) is 39.0. The molecule has 9 heteroatoms. The second-order valence-corrected chi connectivity index (χ2v) is 8.26. The van der Waals surface area contributed by atoms with Gasteiger partial charge in [0.1, 0.15) is 0 Å². The van der Waals surface area contributed by atoms with Crippen LogP contribution in [0.4, 0.5) is 0 Å². The molecule has 3 rings (SSSR count). The minimum absolute atomic E-state index is 0.0658. The summed E-state index contributed by atoms with van der Waals surface area (Å²) in [6.07, 6.45) is 1.10. The first-order chi connectivity index (χ1) is 16.2. The standard InChI is InChI=1S/C25H30N2O7/c1-14(28)26-18-9-7-15-11-21(32-5)24(34-22(30)13-27(2)3)25(33-6)23(15)16-8-10-20(31-4)19(29)12-17(16)18/h8,10-12,18H,7,9,13H2,1-6H3,(H,26,28)/t18-/m0/s1. The van der Waals surface area contributed by atoms with Gasteiger partial charge < -0.3 is 24.3 Å². The quantitative estimate of drug-likeness (QED) is 0.486. The number of esters is 1. The van der Waals surface area contributed by atoms with Crippen molar-refractivity contribution in [2.24, 2.45) is 0 Å². The topological polar surface area (TPSA) is 103 Å². The van der Waals surface area contributed by atoms with E-state index in [0.717, 1.165) is 5.56 Å². The fraction of sp³-hybridized carbons (Fsp3) is 0.400. The SMILES string of the molecule is COc1cc2c(c(OC)c1OC(=O)CN(C)C)-c1ccc(OC)c(=O)cc1[C@@H](NC(C)=O)CC2. The van der Waals surface area contributed by atoms with E-state index in [1.165, 1.54) is 34.3 Å². The highest BCUT2D eigenvalue weighted by Crippen LogP contribution is 2.50. The summed E-state index contributed by atoms with van der Waals surface area (Å²) in [6.45, 7) is 1.50. The second kappa shape index (κ2) is 10.6. The van der Waals surface area contributed by atoms with Crippen LogP contribution in [0.2, 0.25) is 0 Å². The minimum Gasteiger partial charge on any atom is -0.493 e. The number of rotatable bonds is 7. The number of carbonyl (C=O) groups is 2. The lowest BCUT2D eigenvalue weighted by Crippen LogP contribution is -2.26. The molecule has 0 saturated carbocycles. The number of fused-ring (bicyclic) bond motifs is 3. The number of methoxy groups -OCH3 is 3. The van der Waals surface area contributed by atoms with Gasteiger partial charge >= 0.3 is 5.97 Å². The predicted octanol–water partition coefficient (Wildman–Crippen LogP) is 2.33. The zero-order valence-electron chi connectivity index (χ0n) is 20.3. The number of carbonyl (C=O) groups excluding carboxylic acids is 2. The van der Waals surface area contributed by atoms with Gasteiger partial charge in [0.25, 0.3) is 0 Å². The summed E-state index contributed by atoms with van der Waals surface area (Å²) in [5.41, 5.74) is 2.50. The third kappa shape index (κ3) is 5.14. The van der Waals surface area contributed by atoms with Crippen molar-refractivity contribution in [3.05, 3.63) is 45.6 Å². The Balaban J connectivity index is 2.34. The van der Waals surface area contributed by atoms with Crippen LogP contribution in [0.1, 0.15) is 30.5 Å². The maximum atomic E-state index is 12.8. The van der Waals surface area contributed by atoms with Gasteiger partial charge in [-0.15, -0.1) is 0 Å². The van der Waals surface area contributed by atoms with Crippen molar-refractivity contribution in [2.75, 3.05) is 42.0 Å². The normalized spacial score (nSPS) is 14.4. The summed E-state index contributed by atoms with van der Waals surface area (Å²) < 4.78 is 22.2. The number of benzene rings is 1. The van der Waals surface area contributed by atoms with Gasteiger partial charge in [0.05, 0.1) is 33.9 Å². The Morgan fingerprint density at radius 3 is 2.32 bits per heavy atom. The Labute approximate surface area is 198 Å². The molecule has 9 nitrogen and oxygen atoms in total. The number of nitrogens with zero attached hydrogens (tertiary/aromatic N) is 1. The number of hydrogen-bond donors (Lipinski definition) is 1. The molecule has 1 aliphatic rings. The third-order valence-electron chi connectivity index (χ3n) is 5.56. The average Bonchev–Trinajstić information content (AvgIpc) is 3.01. The van der Waals surface area contributed by atoms with E-state index in [0.29, 0.717) is 41.0 Å². The Kier molecular flexibility index (Phi) is 7.78. The zero-order valence-corrected chi connectivity index (χ0v) is 20.3. The summed E-state index contributed by atoms with van der Waals surface area (Å²) in [5.74, 6) is 0.291. The predicted molar refractivity (Wildman–Crippen MR) is 127 cm³/mol. The van der Waals surface area contributed by atoms with Crippen LogP contribution in [0.5, 0.6) is 23.0 Å². The molecule has 1 aliphatic carbocycles. The first kappa shape index (κ1) is 25.0. The van der Waals surface area contributed by atoms with E-state index in [1.807, 2.05) is 0 Å². The van der Waals surface area contributed by atoms with E-state index in [-0.39, 0.29) is 29.4 Å².